The number of carbonyl (C=O) groups is 1. The fourth-order valence-corrected chi connectivity index (χ4v) is 3.98. The normalized spacial score (nSPS) is 14.7. The maximum Gasteiger partial charge on any atom is 0.226 e. The molecule has 27 heavy (non-hydrogen) atoms. The Labute approximate surface area is 165 Å². The van der Waals surface area contributed by atoms with Crippen LogP contribution in [0.4, 0.5) is 0 Å². The van der Waals surface area contributed by atoms with Crippen LogP contribution in [0.2, 0.25) is 0 Å². The number of rotatable bonds is 8. The van der Waals surface area contributed by atoms with E-state index in [9.17, 15) is 4.79 Å². The van der Waals surface area contributed by atoms with Crippen LogP contribution in [-0.4, -0.2) is 37.6 Å². The molecule has 1 aromatic heterocycles. The summed E-state index contributed by atoms with van der Waals surface area (Å²) in [4.78, 5) is 15.9. The third-order valence-corrected chi connectivity index (χ3v) is 5.78. The zero-order valence-electron chi connectivity index (χ0n) is 16.1. The Kier molecular flexibility index (Phi) is 7.12. The first-order chi connectivity index (χ1) is 13.2. The van der Waals surface area contributed by atoms with Crippen LogP contribution in [0.5, 0.6) is 11.5 Å². The molecule has 0 aliphatic carbocycles. The molecule has 5 nitrogen and oxygen atoms in total. The molecule has 2 aromatic rings. The van der Waals surface area contributed by atoms with Crippen LogP contribution in [0.25, 0.3) is 0 Å². The molecular weight excluding hydrogens is 360 g/mol. The van der Waals surface area contributed by atoms with Gasteiger partial charge >= 0.3 is 0 Å². The summed E-state index contributed by atoms with van der Waals surface area (Å²) in [7, 11) is 1.65. The summed E-state index contributed by atoms with van der Waals surface area (Å²) < 4.78 is 11.4. The molecule has 0 radical (unpaired) electrons. The molecular formula is C21H28N2O3S. The van der Waals surface area contributed by atoms with Crippen molar-refractivity contribution in [2.45, 2.75) is 32.9 Å². The van der Waals surface area contributed by atoms with Crippen LogP contribution in [0.1, 0.15) is 30.2 Å². The monoisotopic (exact) mass is 388 g/mol. The molecule has 2 heterocycles. The summed E-state index contributed by atoms with van der Waals surface area (Å²) in [6, 6.07) is 10.00. The molecule has 1 aliphatic heterocycles. The molecule has 1 amide bonds. The van der Waals surface area contributed by atoms with E-state index in [2.05, 4.69) is 11.4 Å². The van der Waals surface area contributed by atoms with Crippen molar-refractivity contribution in [2.24, 2.45) is 5.92 Å². The Balaban J connectivity index is 1.65. The summed E-state index contributed by atoms with van der Waals surface area (Å²) >= 11 is 1.67. The highest BCUT2D eigenvalue weighted by molar-refractivity contribution is 7.09. The van der Waals surface area contributed by atoms with Crippen molar-refractivity contribution in [2.75, 3.05) is 26.7 Å². The number of methoxy groups -OCH3 is 1. The van der Waals surface area contributed by atoms with Crippen LogP contribution in [0, 0.1) is 5.92 Å². The smallest absolute Gasteiger partial charge is 0.226 e. The Morgan fingerprint density at radius 3 is 2.74 bits per heavy atom. The number of hydrogen-bond acceptors (Lipinski definition) is 5. The standard InChI is InChI=1S/C21H28N2O3S/c1-3-23(21(24)17-8-10-22-11-9-17)14-16-6-7-19(20(13-16)25-2)26-15-18-5-4-12-27-18/h4-7,12-13,17,22H,3,8-11,14-15H2,1-2H3. The minimum absolute atomic E-state index is 0.140. The van der Waals surface area contributed by atoms with E-state index >= 15 is 0 Å². The van der Waals surface area contributed by atoms with Crippen molar-refractivity contribution in [3.05, 3.63) is 46.2 Å². The van der Waals surface area contributed by atoms with E-state index in [4.69, 9.17) is 9.47 Å². The lowest BCUT2D eigenvalue weighted by atomic mass is 9.96. The molecule has 3 rings (SSSR count). The van der Waals surface area contributed by atoms with E-state index in [1.807, 2.05) is 41.5 Å². The summed E-state index contributed by atoms with van der Waals surface area (Å²) in [6.45, 7) is 5.73. The number of amides is 1. The molecule has 0 spiro atoms. The number of piperidine rings is 1. The Bertz CT molecular complexity index is 727. The zero-order valence-corrected chi connectivity index (χ0v) is 16.9. The number of thiophene rings is 1. The summed E-state index contributed by atoms with van der Waals surface area (Å²) in [5, 5.41) is 5.36. The van der Waals surface area contributed by atoms with Crippen molar-refractivity contribution in [3.8, 4) is 11.5 Å². The molecule has 6 heteroatoms. The van der Waals surface area contributed by atoms with Crippen LogP contribution in [0.3, 0.4) is 0 Å². The van der Waals surface area contributed by atoms with Gasteiger partial charge in [-0.25, -0.2) is 0 Å². The van der Waals surface area contributed by atoms with Crippen LogP contribution in [0.15, 0.2) is 35.7 Å². The van der Waals surface area contributed by atoms with Crippen molar-refractivity contribution in [1.29, 1.82) is 0 Å². The number of nitrogens with one attached hydrogen (secondary N) is 1. The van der Waals surface area contributed by atoms with Gasteiger partial charge in [0.2, 0.25) is 5.91 Å². The molecule has 1 aromatic carbocycles. The number of carbonyl (C=O) groups excluding carboxylic acids is 1. The minimum atomic E-state index is 0.140. The number of nitrogens with zero attached hydrogens (tertiary/aromatic N) is 1. The van der Waals surface area contributed by atoms with Gasteiger partial charge in [0.15, 0.2) is 11.5 Å². The lowest BCUT2D eigenvalue weighted by molar-refractivity contribution is -0.136. The maximum atomic E-state index is 12.8. The fraction of sp³-hybridized carbons (Fsp3) is 0.476. The summed E-state index contributed by atoms with van der Waals surface area (Å²) in [5.41, 5.74) is 1.06. The van der Waals surface area contributed by atoms with Crippen LogP contribution in [-0.2, 0) is 17.9 Å². The van der Waals surface area contributed by atoms with Gasteiger partial charge in [-0.15, -0.1) is 11.3 Å². The van der Waals surface area contributed by atoms with Gasteiger partial charge in [-0.1, -0.05) is 12.1 Å². The van der Waals surface area contributed by atoms with Gasteiger partial charge in [-0.2, -0.15) is 0 Å². The van der Waals surface area contributed by atoms with Crippen molar-refractivity contribution in [1.82, 2.24) is 10.2 Å². The van der Waals surface area contributed by atoms with Gasteiger partial charge in [0.25, 0.3) is 0 Å². The number of benzene rings is 1. The maximum absolute atomic E-state index is 12.8. The average molecular weight is 389 g/mol. The molecule has 0 bridgehead atoms. The second-order valence-corrected chi connectivity index (χ2v) is 7.76. The van der Waals surface area contributed by atoms with E-state index in [0.717, 1.165) is 37.2 Å². The molecule has 1 N–H and O–H groups in total. The Hall–Kier alpha value is -2.05. The first-order valence-electron chi connectivity index (χ1n) is 9.53. The van der Waals surface area contributed by atoms with E-state index in [-0.39, 0.29) is 11.8 Å². The van der Waals surface area contributed by atoms with Gasteiger partial charge in [0.1, 0.15) is 6.61 Å². The lowest BCUT2D eigenvalue weighted by Crippen LogP contribution is -2.40. The molecule has 1 aliphatic rings. The molecule has 146 valence electrons. The van der Waals surface area contributed by atoms with E-state index < -0.39 is 0 Å². The van der Waals surface area contributed by atoms with Crippen LogP contribution < -0.4 is 14.8 Å². The first-order valence-corrected chi connectivity index (χ1v) is 10.4. The van der Waals surface area contributed by atoms with E-state index in [1.54, 1.807) is 18.4 Å². The van der Waals surface area contributed by atoms with Crippen molar-refractivity contribution in [3.63, 3.8) is 0 Å². The quantitative estimate of drug-likeness (QED) is 0.749. The number of hydrogen-bond donors (Lipinski definition) is 1. The first kappa shape index (κ1) is 19.7. The molecule has 1 saturated heterocycles. The highest BCUT2D eigenvalue weighted by Crippen LogP contribution is 2.30. The van der Waals surface area contributed by atoms with Gasteiger partial charge in [-0.05, 0) is 62.0 Å². The molecule has 0 unspecified atom stereocenters. The van der Waals surface area contributed by atoms with E-state index in [0.29, 0.717) is 25.4 Å². The largest absolute Gasteiger partial charge is 0.493 e. The number of ether oxygens (including phenoxy) is 2. The molecule has 0 atom stereocenters. The van der Waals surface area contributed by atoms with Gasteiger partial charge < -0.3 is 19.7 Å². The second-order valence-electron chi connectivity index (χ2n) is 6.73. The zero-order chi connectivity index (χ0) is 19.1. The lowest BCUT2D eigenvalue weighted by Gasteiger charge is -2.29. The predicted molar refractivity (Wildman–Crippen MR) is 108 cm³/mol. The van der Waals surface area contributed by atoms with Crippen molar-refractivity contribution >= 4 is 17.2 Å². The Morgan fingerprint density at radius 1 is 1.26 bits per heavy atom. The summed E-state index contributed by atoms with van der Waals surface area (Å²) in [6.07, 6.45) is 1.85. The van der Waals surface area contributed by atoms with Crippen LogP contribution >= 0.6 is 11.3 Å². The SMILES string of the molecule is CCN(Cc1ccc(OCc2cccs2)c(OC)c1)C(=O)C1CCNCC1. The molecule has 0 saturated carbocycles. The van der Waals surface area contributed by atoms with Crippen molar-refractivity contribution < 1.29 is 14.3 Å². The average Bonchev–Trinajstić information content (AvgIpc) is 3.24. The minimum Gasteiger partial charge on any atom is -0.493 e. The fourth-order valence-electron chi connectivity index (χ4n) is 3.37. The third kappa shape index (κ3) is 5.23. The molecule has 1 fully saturated rings. The topological polar surface area (TPSA) is 50.8 Å². The third-order valence-electron chi connectivity index (χ3n) is 4.93. The van der Waals surface area contributed by atoms with E-state index in [1.165, 1.54) is 4.88 Å². The second kappa shape index (κ2) is 9.76. The van der Waals surface area contributed by atoms with Gasteiger partial charge in [-0.3, -0.25) is 4.79 Å². The Morgan fingerprint density at radius 2 is 2.07 bits per heavy atom. The van der Waals surface area contributed by atoms with Gasteiger partial charge in [0, 0.05) is 23.9 Å². The highest BCUT2D eigenvalue weighted by Gasteiger charge is 2.25. The van der Waals surface area contributed by atoms with Gasteiger partial charge in [0.05, 0.1) is 7.11 Å². The highest BCUT2D eigenvalue weighted by atomic mass is 32.1. The predicted octanol–water partition coefficient (Wildman–Crippen LogP) is 3.68. The summed E-state index contributed by atoms with van der Waals surface area (Å²) in [5.74, 6) is 1.83.